The lowest BCUT2D eigenvalue weighted by atomic mass is 9.86. The van der Waals surface area contributed by atoms with Gasteiger partial charge in [-0.05, 0) is 25.7 Å². The predicted octanol–water partition coefficient (Wildman–Crippen LogP) is 0.0881. The highest BCUT2D eigenvalue weighted by Gasteiger charge is 2.42. The lowest BCUT2D eigenvalue weighted by molar-refractivity contribution is -0.132. The number of nitrogens with two attached hydrogens (primary N) is 1. The molecule has 2 aliphatic heterocycles. The summed E-state index contributed by atoms with van der Waals surface area (Å²) in [5.74, 6) is 0.0875. The van der Waals surface area contributed by atoms with Crippen molar-refractivity contribution in [1.29, 1.82) is 0 Å². The fraction of sp³-hybridized carbons (Fsp3) is 1.00. The Morgan fingerprint density at radius 3 is 2.59 bits per heavy atom. The van der Waals surface area contributed by atoms with E-state index in [9.17, 15) is 8.42 Å². The first kappa shape index (κ1) is 13.3. The van der Waals surface area contributed by atoms with Crippen LogP contribution in [-0.4, -0.2) is 51.4 Å². The smallest absolute Gasteiger partial charge is 0.154 e. The first-order chi connectivity index (χ1) is 8.08. The van der Waals surface area contributed by atoms with Crippen LogP contribution in [0.25, 0.3) is 0 Å². The van der Waals surface area contributed by atoms with Gasteiger partial charge in [-0.2, -0.15) is 0 Å². The van der Waals surface area contributed by atoms with Crippen molar-refractivity contribution < 1.29 is 17.9 Å². The molecule has 2 aliphatic rings. The van der Waals surface area contributed by atoms with E-state index < -0.39 is 9.84 Å². The molecule has 17 heavy (non-hydrogen) atoms. The van der Waals surface area contributed by atoms with Crippen molar-refractivity contribution in [2.45, 2.75) is 36.5 Å². The molecule has 0 amide bonds. The minimum atomic E-state index is -3.05. The third-order valence-corrected chi connectivity index (χ3v) is 5.98. The standard InChI is InChI=1S/C11H21NO4S/c12-4-8-17(13,14)10-1-5-16-11(9-10)2-6-15-7-3-11/h10H,1-9,12H2. The number of hydrogen-bond donors (Lipinski definition) is 1. The summed E-state index contributed by atoms with van der Waals surface area (Å²) in [6, 6.07) is 0. The highest BCUT2D eigenvalue weighted by Crippen LogP contribution is 2.36. The molecule has 1 spiro atoms. The average molecular weight is 263 g/mol. The molecule has 100 valence electrons. The van der Waals surface area contributed by atoms with Crippen LogP contribution in [0.2, 0.25) is 0 Å². The third kappa shape index (κ3) is 2.99. The molecule has 0 aliphatic carbocycles. The molecule has 2 saturated heterocycles. The first-order valence-corrected chi connectivity index (χ1v) is 7.93. The summed E-state index contributed by atoms with van der Waals surface area (Å²) in [6.07, 6.45) is 2.83. The van der Waals surface area contributed by atoms with Crippen LogP contribution >= 0.6 is 0 Å². The molecule has 0 bridgehead atoms. The number of rotatable bonds is 3. The van der Waals surface area contributed by atoms with Crippen LogP contribution in [0, 0.1) is 0 Å². The summed E-state index contributed by atoms with van der Waals surface area (Å²) in [7, 11) is -3.05. The van der Waals surface area contributed by atoms with Crippen LogP contribution in [0.3, 0.4) is 0 Å². The van der Waals surface area contributed by atoms with Gasteiger partial charge in [-0.25, -0.2) is 8.42 Å². The summed E-state index contributed by atoms with van der Waals surface area (Å²) < 4.78 is 35.2. The fourth-order valence-electron chi connectivity index (χ4n) is 2.71. The Kier molecular flexibility index (Phi) is 4.07. The molecule has 1 atom stereocenters. The van der Waals surface area contributed by atoms with E-state index in [1.807, 2.05) is 0 Å². The van der Waals surface area contributed by atoms with Crippen LogP contribution in [0.5, 0.6) is 0 Å². The number of sulfone groups is 1. The molecule has 1 unspecified atom stereocenters. The lowest BCUT2D eigenvalue weighted by Crippen LogP contribution is -2.48. The number of hydrogen-bond acceptors (Lipinski definition) is 5. The Balaban J connectivity index is 2.06. The maximum Gasteiger partial charge on any atom is 0.154 e. The Hall–Kier alpha value is -0.170. The fourth-order valence-corrected chi connectivity index (χ4v) is 4.39. The van der Waals surface area contributed by atoms with Gasteiger partial charge >= 0.3 is 0 Å². The second-order valence-electron chi connectivity index (χ2n) is 4.91. The summed E-state index contributed by atoms with van der Waals surface area (Å²) in [4.78, 5) is 0. The van der Waals surface area contributed by atoms with Gasteiger partial charge in [-0.1, -0.05) is 0 Å². The van der Waals surface area contributed by atoms with Gasteiger partial charge in [0.1, 0.15) is 0 Å². The van der Waals surface area contributed by atoms with E-state index in [4.69, 9.17) is 15.2 Å². The summed E-state index contributed by atoms with van der Waals surface area (Å²) in [5, 5.41) is -0.280. The molecule has 5 nitrogen and oxygen atoms in total. The summed E-state index contributed by atoms with van der Waals surface area (Å²) >= 11 is 0. The van der Waals surface area contributed by atoms with Gasteiger partial charge in [-0.15, -0.1) is 0 Å². The molecule has 6 heteroatoms. The number of ether oxygens (including phenoxy) is 2. The van der Waals surface area contributed by atoms with E-state index in [2.05, 4.69) is 0 Å². The van der Waals surface area contributed by atoms with Crippen molar-refractivity contribution in [3.8, 4) is 0 Å². The van der Waals surface area contributed by atoms with E-state index in [0.717, 1.165) is 12.8 Å². The lowest BCUT2D eigenvalue weighted by Gasteiger charge is -2.43. The second-order valence-corrected chi connectivity index (χ2v) is 7.31. The zero-order chi connectivity index (χ0) is 12.4. The van der Waals surface area contributed by atoms with E-state index >= 15 is 0 Å². The topological polar surface area (TPSA) is 78.6 Å². The Morgan fingerprint density at radius 2 is 1.94 bits per heavy atom. The molecule has 0 saturated carbocycles. The van der Waals surface area contributed by atoms with Gasteiger partial charge in [0.05, 0.1) is 16.6 Å². The van der Waals surface area contributed by atoms with Crippen LogP contribution in [0.1, 0.15) is 25.7 Å². The van der Waals surface area contributed by atoms with Crippen molar-refractivity contribution in [3.63, 3.8) is 0 Å². The van der Waals surface area contributed by atoms with Gasteiger partial charge in [-0.3, -0.25) is 0 Å². The van der Waals surface area contributed by atoms with E-state index in [1.165, 1.54) is 0 Å². The Labute approximate surface area is 103 Å². The summed E-state index contributed by atoms with van der Waals surface area (Å²) in [6.45, 7) is 2.08. The summed E-state index contributed by atoms with van der Waals surface area (Å²) in [5.41, 5.74) is 5.10. The Bertz CT molecular complexity index is 343. The van der Waals surface area contributed by atoms with Gasteiger partial charge in [0.25, 0.3) is 0 Å². The quantitative estimate of drug-likeness (QED) is 0.780. The molecule has 0 radical (unpaired) electrons. The van der Waals surface area contributed by atoms with Crippen LogP contribution in [0.15, 0.2) is 0 Å². The maximum absolute atomic E-state index is 12.0. The van der Waals surface area contributed by atoms with Crippen molar-refractivity contribution in [1.82, 2.24) is 0 Å². The van der Waals surface area contributed by atoms with E-state index in [0.29, 0.717) is 32.7 Å². The van der Waals surface area contributed by atoms with Crippen LogP contribution < -0.4 is 5.73 Å². The highest BCUT2D eigenvalue weighted by molar-refractivity contribution is 7.92. The van der Waals surface area contributed by atoms with Crippen molar-refractivity contribution in [2.24, 2.45) is 5.73 Å². The van der Waals surface area contributed by atoms with Gasteiger partial charge < -0.3 is 15.2 Å². The van der Waals surface area contributed by atoms with Gasteiger partial charge in [0.2, 0.25) is 0 Å². The van der Waals surface area contributed by atoms with Crippen LogP contribution in [0.4, 0.5) is 0 Å². The normalized spacial score (nSPS) is 29.4. The molecule has 2 N–H and O–H groups in total. The maximum atomic E-state index is 12.0. The van der Waals surface area contributed by atoms with Crippen molar-refractivity contribution in [2.75, 3.05) is 32.1 Å². The zero-order valence-electron chi connectivity index (χ0n) is 10.1. The predicted molar refractivity (Wildman–Crippen MR) is 64.6 cm³/mol. The van der Waals surface area contributed by atoms with Gasteiger partial charge in [0, 0.05) is 26.4 Å². The molecule has 2 fully saturated rings. The molecule has 0 aromatic heterocycles. The van der Waals surface area contributed by atoms with E-state index in [-0.39, 0.29) is 23.1 Å². The minimum absolute atomic E-state index is 0.0875. The minimum Gasteiger partial charge on any atom is -0.381 e. The van der Waals surface area contributed by atoms with Crippen LogP contribution in [-0.2, 0) is 19.3 Å². The Morgan fingerprint density at radius 1 is 1.24 bits per heavy atom. The van der Waals surface area contributed by atoms with E-state index in [1.54, 1.807) is 0 Å². The molecular formula is C11H21NO4S. The molecule has 2 heterocycles. The monoisotopic (exact) mass is 263 g/mol. The van der Waals surface area contributed by atoms with Gasteiger partial charge in [0.15, 0.2) is 9.84 Å². The SMILES string of the molecule is NCCS(=O)(=O)C1CCOC2(CCOCC2)C1. The first-order valence-electron chi connectivity index (χ1n) is 6.21. The molecule has 0 aromatic rings. The largest absolute Gasteiger partial charge is 0.381 e. The van der Waals surface area contributed by atoms with Crippen molar-refractivity contribution >= 4 is 9.84 Å². The molecule has 2 rings (SSSR count). The highest BCUT2D eigenvalue weighted by atomic mass is 32.2. The third-order valence-electron chi connectivity index (χ3n) is 3.76. The molecular weight excluding hydrogens is 242 g/mol. The molecule has 0 aromatic carbocycles. The average Bonchev–Trinajstić information content (AvgIpc) is 2.30. The second kappa shape index (κ2) is 5.22. The zero-order valence-corrected chi connectivity index (χ0v) is 10.9. The van der Waals surface area contributed by atoms with Crippen molar-refractivity contribution in [3.05, 3.63) is 0 Å².